The van der Waals surface area contributed by atoms with E-state index in [1.165, 1.54) is 44.6 Å². The van der Waals surface area contributed by atoms with Crippen LogP contribution in [0.4, 0.5) is 5.82 Å². The summed E-state index contributed by atoms with van der Waals surface area (Å²) in [6.45, 7) is 4.13. The summed E-state index contributed by atoms with van der Waals surface area (Å²) in [7, 11) is 0. The molecule has 18 heavy (non-hydrogen) atoms. The van der Waals surface area contributed by atoms with Crippen molar-refractivity contribution < 1.29 is 9.90 Å². The molecule has 2 heterocycles. The molecule has 1 aromatic heterocycles. The zero-order valence-corrected chi connectivity index (χ0v) is 10.4. The van der Waals surface area contributed by atoms with Crippen LogP contribution < -0.4 is 5.32 Å². The van der Waals surface area contributed by atoms with Gasteiger partial charge in [-0.15, -0.1) is 0 Å². The summed E-state index contributed by atoms with van der Waals surface area (Å²) in [5, 5.41) is 12.0. The summed E-state index contributed by atoms with van der Waals surface area (Å²) < 4.78 is 0. The normalized spacial score (nSPS) is 16.4. The molecule has 0 amide bonds. The molecule has 5 nitrogen and oxygen atoms in total. The molecule has 1 aromatic rings. The molecule has 0 spiro atoms. The van der Waals surface area contributed by atoms with Gasteiger partial charge in [-0.1, -0.05) is 6.42 Å². The smallest absolute Gasteiger partial charge is 0.335 e. The maximum atomic E-state index is 10.8. The molecule has 0 unspecified atom stereocenters. The fraction of sp³-hybridized carbons (Fsp3) is 0.538. The number of carbonyl (C=O) groups is 1. The zero-order valence-electron chi connectivity index (χ0n) is 10.4. The molecule has 1 aliphatic heterocycles. The highest BCUT2D eigenvalue weighted by Gasteiger charge is 2.09. The Bertz CT molecular complexity index is 403. The Kier molecular flexibility index (Phi) is 4.52. The minimum Gasteiger partial charge on any atom is -0.478 e. The van der Waals surface area contributed by atoms with Crippen LogP contribution in [0.3, 0.4) is 0 Å². The number of carboxylic acid groups (broad SMARTS) is 1. The number of anilines is 1. The van der Waals surface area contributed by atoms with Gasteiger partial charge in [-0.05, 0) is 38.1 Å². The maximum absolute atomic E-state index is 10.8. The number of hydrogen-bond acceptors (Lipinski definition) is 4. The molecule has 0 radical (unpaired) electrons. The lowest BCUT2D eigenvalue weighted by atomic mass is 10.1. The van der Waals surface area contributed by atoms with E-state index in [0.29, 0.717) is 5.82 Å². The van der Waals surface area contributed by atoms with Gasteiger partial charge in [0, 0.05) is 19.3 Å². The first kappa shape index (κ1) is 12.8. The van der Waals surface area contributed by atoms with Gasteiger partial charge in [-0.25, -0.2) is 9.78 Å². The van der Waals surface area contributed by atoms with Crippen molar-refractivity contribution in [1.29, 1.82) is 0 Å². The second-order valence-corrected chi connectivity index (χ2v) is 4.56. The second-order valence-electron chi connectivity index (χ2n) is 4.56. The van der Waals surface area contributed by atoms with E-state index in [2.05, 4.69) is 15.2 Å². The summed E-state index contributed by atoms with van der Waals surface area (Å²) in [6.07, 6.45) is 5.43. The van der Waals surface area contributed by atoms with Crippen LogP contribution in [0, 0.1) is 0 Å². The number of rotatable bonds is 5. The fourth-order valence-corrected chi connectivity index (χ4v) is 2.19. The van der Waals surface area contributed by atoms with E-state index in [4.69, 9.17) is 5.11 Å². The predicted molar refractivity (Wildman–Crippen MR) is 70.0 cm³/mol. The van der Waals surface area contributed by atoms with Crippen LogP contribution in [0.5, 0.6) is 0 Å². The van der Waals surface area contributed by atoms with E-state index in [1.807, 2.05) is 0 Å². The fourth-order valence-electron chi connectivity index (χ4n) is 2.19. The third kappa shape index (κ3) is 3.70. The summed E-state index contributed by atoms with van der Waals surface area (Å²) in [5.41, 5.74) is 0.269. The minimum atomic E-state index is -0.920. The molecule has 0 bridgehead atoms. The molecule has 2 rings (SSSR count). The van der Waals surface area contributed by atoms with Gasteiger partial charge in [0.2, 0.25) is 0 Å². The minimum absolute atomic E-state index is 0.269. The lowest BCUT2D eigenvalue weighted by Crippen LogP contribution is -2.33. The van der Waals surface area contributed by atoms with Crippen molar-refractivity contribution in [1.82, 2.24) is 9.88 Å². The molecule has 5 heteroatoms. The predicted octanol–water partition coefficient (Wildman–Crippen LogP) is 1.68. The summed E-state index contributed by atoms with van der Waals surface area (Å²) in [4.78, 5) is 17.4. The molecule has 98 valence electrons. The molecule has 1 aliphatic rings. The number of aromatic nitrogens is 1. The molecule has 1 saturated heterocycles. The van der Waals surface area contributed by atoms with Crippen molar-refractivity contribution >= 4 is 11.8 Å². The van der Waals surface area contributed by atoms with Crippen LogP contribution in [-0.4, -0.2) is 47.1 Å². The van der Waals surface area contributed by atoms with Crippen LogP contribution >= 0.6 is 0 Å². The monoisotopic (exact) mass is 249 g/mol. The average Bonchev–Trinajstić information content (AvgIpc) is 2.40. The summed E-state index contributed by atoms with van der Waals surface area (Å²) in [5.74, 6) is -0.289. The molecule has 0 saturated carbocycles. The van der Waals surface area contributed by atoms with E-state index in [-0.39, 0.29) is 5.56 Å². The van der Waals surface area contributed by atoms with Crippen LogP contribution in [-0.2, 0) is 0 Å². The number of likely N-dealkylation sites (tertiary alicyclic amines) is 1. The van der Waals surface area contributed by atoms with Crippen molar-refractivity contribution in [2.75, 3.05) is 31.5 Å². The molecule has 0 aromatic carbocycles. The Balaban J connectivity index is 1.78. The lowest BCUT2D eigenvalue weighted by molar-refractivity contribution is 0.0697. The van der Waals surface area contributed by atoms with E-state index in [0.717, 1.165) is 13.1 Å². The van der Waals surface area contributed by atoms with Gasteiger partial charge < -0.3 is 15.3 Å². The highest BCUT2D eigenvalue weighted by atomic mass is 16.4. The van der Waals surface area contributed by atoms with Gasteiger partial charge in [-0.3, -0.25) is 0 Å². The quantitative estimate of drug-likeness (QED) is 0.831. The first-order chi connectivity index (χ1) is 8.75. The molecule has 1 fully saturated rings. The van der Waals surface area contributed by atoms with Crippen LogP contribution in [0.2, 0.25) is 0 Å². The van der Waals surface area contributed by atoms with Crippen molar-refractivity contribution in [2.24, 2.45) is 0 Å². The van der Waals surface area contributed by atoms with Crippen LogP contribution in [0.15, 0.2) is 18.3 Å². The second kappa shape index (κ2) is 6.35. The van der Waals surface area contributed by atoms with E-state index in [9.17, 15) is 4.79 Å². The van der Waals surface area contributed by atoms with Crippen molar-refractivity contribution in [2.45, 2.75) is 19.3 Å². The number of nitrogens with one attached hydrogen (secondary N) is 1. The van der Waals surface area contributed by atoms with Crippen LogP contribution in [0.1, 0.15) is 29.6 Å². The number of nitrogens with zero attached hydrogens (tertiary/aromatic N) is 2. The Morgan fingerprint density at radius 1 is 1.39 bits per heavy atom. The third-order valence-corrected chi connectivity index (χ3v) is 3.19. The zero-order chi connectivity index (χ0) is 12.8. The van der Waals surface area contributed by atoms with Crippen LogP contribution in [0.25, 0.3) is 0 Å². The Morgan fingerprint density at radius 2 is 2.17 bits per heavy atom. The number of piperidine rings is 1. The van der Waals surface area contributed by atoms with Gasteiger partial charge in [0.15, 0.2) is 0 Å². The van der Waals surface area contributed by atoms with Gasteiger partial charge in [-0.2, -0.15) is 0 Å². The first-order valence-corrected chi connectivity index (χ1v) is 6.41. The Hall–Kier alpha value is -1.62. The van der Waals surface area contributed by atoms with E-state index >= 15 is 0 Å². The average molecular weight is 249 g/mol. The lowest BCUT2D eigenvalue weighted by Gasteiger charge is -2.26. The third-order valence-electron chi connectivity index (χ3n) is 3.19. The number of pyridine rings is 1. The standard InChI is InChI=1S/C13H19N3O2/c17-13(18)11-4-5-14-12(10-11)15-6-9-16-7-2-1-3-8-16/h4-5,10H,1-3,6-9H2,(H,14,15)(H,17,18). The number of carboxylic acids is 1. The van der Waals surface area contributed by atoms with E-state index in [1.54, 1.807) is 6.07 Å². The number of hydrogen-bond donors (Lipinski definition) is 2. The Morgan fingerprint density at radius 3 is 2.89 bits per heavy atom. The van der Waals surface area contributed by atoms with Gasteiger partial charge in [0.05, 0.1) is 5.56 Å². The van der Waals surface area contributed by atoms with Crippen molar-refractivity contribution in [3.8, 4) is 0 Å². The highest BCUT2D eigenvalue weighted by Crippen LogP contribution is 2.09. The van der Waals surface area contributed by atoms with Crippen molar-refractivity contribution in [3.63, 3.8) is 0 Å². The van der Waals surface area contributed by atoms with Gasteiger partial charge in [0.25, 0.3) is 0 Å². The summed E-state index contributed by atoms with van der Waals surface area (Å²) in [6, 6.07) is 3.07. The largest absolute Gasteiger partial charge is 0.478 e. The molecular formula is C13H19N3O2. The molecule has 0 aliphatic carbocycles. The molecule has 2 N–H and O–H groups in total. The first-order valence-electron chi connectivity index (χ1n) is 6.41. The molecular weight excluding hydrogens is 230 g/mol. The highest BCUT2D eigenvalue weighted by molar-refractivity contribution is 5.88. The SMILES string of the molecule is O=C(O)c1ccnc(NCCN2CCCCC2)c1. The Labute approximate surface area is 107 Å². The molecule has 0 atom stereocenters. The number of aromatic carboxylic acids is 1. The van der Waals surface area contributed by atoms with Gasteiger partial charge in [0.1, 0.15) is 5.82 Å². The van der Waals surface area contributed by atoms with Crippen molar-refractivity contribution in [3.05, 3.63) is 23.9 Å². The van der Waals surface area contributed by atoms with E-state index < -0.39 is 5.97 Å². The van der Waals surface area contributed by atoms with Gasteiger partial charge >= 0.3 is 5.97 Å². The topological polar surface area (TPSA) is 65.5 Å². The maximum Gasteiger partial charge on any atom is 0.335 e. The summed E-state index contributed by atoms with van der Waals surface area (Å²) >= 11 is 0.